The molecule has 2 nitrogen and oxygen atoms in total. The molecular formula is C8H14O2. The van der Waals surface area contributed by atoms with E-state index in [1.807, 2.05) is 6.08 Å². The fourth-order valence-corrected chi connectivity index (χ4v) is 0.442. The van der Waals surface area contributed by atoms with Crippen molar-refractivity contribution in [1.82, 2.24) is 0 Å². The van der Waals surface area contributed by atoms with Crippen LogP contribution in [-0.2, 0) is 9.78 Å². The molecule has 0 rings (SSSR count). The Balaban J connectivity index is 2.76. The van der Waals surface area contributed by atoms with Crippen LogP contribution in [-0.4, -0.2) is 13.2 Å². The summed E-state index contributed by atoms with van der Waals surface area (Å²) in [6.45, 7) is 8.13. The summed E-state index contributed by atoms with van der Waals surface area (Å²) in [4.78, 5) is 9.43. The molecule has 0 aliphatic rings. The smallest absolute Gasteiger partial charge is 0.100 e. The fourth-order valence-electron chi connectivity index (χ4n) is 0.442. The zero-order valence-electron chi connectivity index (χ0n) is 6.21. The first-order valence-corrected chi connectivity index (χ1v) is 3.38. The van der Waals surface area contributed by atoms with Crippen LogP contribution < -0.4 is 0 Å². The first-order chi connectivity index (χ1) is 4.91. The van der Waals surface area contributed by atoms with Gasteiger partial charge in [-0.2, -0.15) is 0 Å². The summed E-state index contributed by atoms with van der Waals surface area (Å²) in [5.41, 5.74) is 0. The summed E-state index contributed by atoms with van der Waals surface area (Å²) in [5, 5.41) is 0. The van der Waals surface area contributed by atoms with E-state index in [-0.39, 0.29) is 0 Å². The van der Waals surface area contributed by atoms with Crippen LogP contribution in [0.5, 0.6) is 0 Å². The van der Waals surface area contributed by atoms with Crippen molar-refractivity contribution in [3.63, 3.8) is 0 Å². The van der Waals surface area contributed by atoms with E-state index >= 15 is 0 Å². The number of hydrogen-bond acceptors (Lipinski definition) is 2. The van der Waals surface area contributed by atoms with E-state index in [1.165, 1.54) is 0 Å². The number of unbranched alkanes of at least 4 members (excludes halogenated alkanes) is 1. The fraction of sp³-hybridized carbons (Fsp3) is 0.500. The second-order valence-electron chi connectivity index (χ2n) is 1.83. The lowest BCUT2D eigenvalue weighted by Gasteiger charge is -1.98. The van der Waals surface area contributed by atoms with Crippen molar-refractivity contribution in [2.45, 2.75) is 12.8 Å². The van der Waals surface area contributed by atoms with Crippen molar-refractivity contribution < 1.29 is 9.78 Å². The van der Waals surface area contributed by atoms with E-state index < -0.39 is 0 Å². The molecule has 10 heavy (non-hydrogen) atoms. The Morgan fingerprint density at radius 3 is 2.50 bits per heavy atom. The molecule has 0 unspecified atom stereocenters. The topological polar surface area (TPSA) is 18.5 Å². The zero-order chi connectivity index (χ0) is 7.66. The van der Waals surface area contributed by atoms with Gasteiger partial charge in [0.25, 0.3) is 0 Å². The molecule has 0 atom stereocenters. The zero-order valence-corrected chi connectivity index (χ0v) is 6.21. The minimum Gasteiger partial charge on any atom is -0.236 e. The largest absolute Gasteiger partial charge is 0.236 e. The highest BCUT2D eigenvalue weighted by molar-refractivity contribution is 4.64. The lowest BCUT2D eigenvalue weighted by molar-refractivity contribution is -0.286. The van der Waals surface area contributed by atoms with E-state index in [0.717, 1.165) is 12.8 Å². The maximum Gasteiger partial charge on any atom is 0.100 e. The Hall–Kier alpha value is -0.600. The summed E-state index contributed by atoms with van der Waals surface area (Å²) in [7, 11) is 0. The van der Waals surface area contributed by atoms with Gasteiger partial charge in [0.05, 0.1) is 6.61 Å². The highest BCUT2D eigenvalue weighted by atomic mass is 17.2. The first-order valence-electron chi connectivity index (χ1n) is 3.38. The first kappa shape index (κ1) is 9.40. The summed E-state index contributed by atoms with van der Waals surface area (Å²) in [5.74, 6) is 0. The van der Waals surface area contributed by atoms with E-state index in [1.54, 1.807) is 6.08 Å². The van der Waals surface area contributed by atoms with Crippen molar-refractivity contribution >= 4 is 0 Å². The molecule has 0 fully saturated rings. The molecule has 0 amide bonds. The molecule has 0 saturated heterocycles. The number of allylic oxidation sites excluding steroid dienone is 1. The maximum absolute atomic E-state index is 4.76. The second-order valence-corrected chi connectivity index (χ2v) is 1.83. The van der Waals surface area contributed by atoms with Crippen LogP contribution in [0.3, 0.4) is 0 Å². The molecule has 0 aromatic rings. The SMILES string of the molecule is C=CCCCOOCC=C. The molecule has 0 spiro atoms. The molecule has 0 aliphatic heterocycles. The van der Waals surface area contributed by atoms with Crippen LogP contribution in [0.15, 0.2) is 25.3 Å². The van der Waals surface area contributed by atoms with Gasteiger partial charge < -0.3 is 0 Å². The van der Waals surface area contributed by atoms with E-state index in [9.17, 15) is 0 Å². The van der Waals surface area contributed by atoms with Crippen molar-refractivity contribution in [1.29, 1.82) is 0 Å². The molecule has 0 heterocycles. The van der Waals surface area contributed by atoms with Gasteiger partial charge in [-0.3, -0.25) is 0 Å². The quantitative estimate of drug-likeness (QED) is 0.234. The molecule has 0 aromatic carbocycles. The van der Waals surface area contributed by atoms with Crippen LogP contribution in [0, 0.1) is 0 Å². The van der Waals surface area contributed by atoms with Crippen molar-refractivity contribution in [2.75, 3.05) is 13.2 Å². The van der Waals surface area contributed by atoms with Gasteiger partial charge >= 0.3 is 0 Å². The van der Waals surface area contributed by atoms with Gasteiger partial charge in [0.1, 0.15) is 6.61 Å². The molecule has 58 valence electrons. The minimum atomic E-state index is 0.452. The predicted molar refractivity (Wildman–Crippen MR) is 41.5 cm³/mol. The summed E-state index contributed by atoms with van der Waals surface area (Å²) >= 11 is 0. The third-order valence-corrected chi connectivity index (χ3v) is 0.905. The molecule has 0 aliphatic carbocycles. The minimum absolute atomic E-state index is 0.452. The van der Waals surface area contributed by atoms with Crippen LogP contribution in [0.25, 0.3) is 0 Å². The maximum atomic E-state index is 4.76. The molecule has 0 saturated carbocycles. The lowest BCUT2D eigenvalue weighted by atomic mass is 10.3. The van der Waals surface area contributed by atoms with E-state index in [4.69, 9.17) is 4.89 Å². The Morgan fingerprint density at radius 1 is 1.10 bits per heavy atom. The molecule has 0 aromatic heterocycles. The monoisotopic (exact) mass is 142 g/mol. The van der Waals surface area contributed by atoms with Gasteiger partial charge in [-0.15, -0.1) is 13.2 Å². The van der Waals surface area contributed by atoms with Gasteiger partial charge in [-0.05, 0) is 12.8 Å². The van der Waals surface area contributed by atoms with Crippen LogP contribution in [0.2, 0.25) is 0 Å². The molecule has 0 radical (unpaired) electrons. The Bertz CT molecular complexity index is 77.3. The van der Waals surface area contributed by atoms with Crippen molar-refractivity contribution in [2.24, 2.45) is 0 Å². The molecule has 2 heteroatoms. The van der Waals surface area contributed by atoms with E-state index in [2.05, 4.69) is 18.0 Å². The lowest BCUT2D eigenvalue weighted by Crippen LogP contribution is -1.95. The average Bonchev–Trinajstić information content (AvgIpc) is 1.97. The highest BCUT2D eigenvalue weighted by Gasteiger charge is 1.84. The van der Waals surface area contributed by atoms with Gasteiger partial charge in [0.15, 0.2) is 0 Å². The summed E-state index contributed by atoms with van der Waals surface area (Å²) in [6, 6.07) is 0. The Kier molecular flexibility index (Phi) is 7.90. The number of rotatable bonds is 7. The molecule has 0 bridgehead atoms. The highest BCUT2D eigenvalue weighted by Crippen LogP contribution is 1.90. The second kappa shape index (κ2) is 8.40. The standard InChI is InChI=1S/C8H14O2/c1-3-5-6-8-10-9-7-4-2/h3-4H,1-2,5-8H2. The van der Waals surface area contributed by atoms with Crippen molar-refractivity contribution in [3.05, 3.63) is 25.3 Å². The third-order valence-electron chi connectivity index (χ3n) is 0.905. The summed E-state index contributed by atoms with van der Waals surface area (Å²) < 4.78 is 0. The predicted octanol–water partition coefficient (Wildman–Crippen LogP) is 2.09. The van der Waals surface area contributed by atoms with Gasteiger partial charge in [0, 0.05) is 0 Å². The molecular weight excluding hydrogens is 128 g/mol. The van der Waals surface area contributed by atoms with Crippen molar-refractivity contribution in [3.8, 4) is 0 Å². The average molecular weight is 142 g/mol. The summed E-state index contributed by atoms with van der Waals surface area (Å²) in [6.07, 6.45) is 5.43. The van der Waals surface area contributed by atoms with Gasteiger partial charge in [0.2, 0.25) is 0 Å². The van der Waals surface area contributed by atoms with E-state index in [0.29, 0.717) is 13.2 Å². The van der Waals surface area contributed by atoms with Crippen LogP contribution in [0.4, 0.5) is 0 Å². The molecule has 0 N–H and O–H groups in total. The van der Waals surface area contributed by atoms with Crippen LogP contribution in [0.1, 0.15) is 12.8 Å². The number of hydrogen-bond donors (Lipinski definition) is 0. The van der Waals surface area contributed by atoms with Gasteiger partial charge in [-0.1, -0.05) is 12.2 Å². The van der Waals surface area contributed by atoms with Crippen LogP contribution >= 0.6 is 0 Å². The Labute approximate surface area is 62.1 Å². The third kappa shape index (κ3) is 7.40. The normalized spacial score (nSPS) is 9.20. The van der Waals surface area contributed by atoms with Gasteiger partial charge in [-0.25, -0.2) is 9.78 Å². The Morgan fingerprint density at radius 2 is 1.90 bits per heavy atom.